The van der Waals surface area contributed by atoms with Crippen LogP contribution in [0.15, 0.2) is 24.4 Å². The summed E-state index contributed by atoms with van der Waals surface area (Å²) in [6.45, 7) is 4.88. The maximum Gasteiger partial charge on any atom is 0.179 e. The summed E-state index contributed by atoms with van der Waals surface area (Å²) in [6.07, 6.45) is 3.69. The zero-order valence-corrected chi connectivity index (χ0v) is 12.7. The third-order valence-corrected chi connectivity index (χ3v) is 3.50. The van der Waals surface area contributed by atoms with Crippen molar-refractivity contribution in [3.63, 3.8) is 0 Å². The molecule has 0 bridgehead atoms. The summed E-state index contributed by atoms with van der Waals surface area (Å²) in [5.41, 5.74) is 2.02. The third kappa shape index (κ3) is 2.31. The lowest BCUT2D eigenvalue weighted by Crippen LogP contribution is -2.12. The predicted molar refractivity (Wildman–Crippen MR) is 81.6 cm³/mol. The Morgan fingerprint density at radius 1 is 1.14 bits per heavy atom. The van der Waals surface area contributed by atoms with Gasteiger partial charge in [-0.05, 0) is 19.2 Å². The Hall–Kier alpha value is -2.21. The van der Waals surface area contributed by atoms with Crippen molar-refractivity contribution in [1.29, 1.82) is 0 Å². The second-order valence-electron chi connectivity index (χ2n) is 4.90. The Bertz CT molecular complexity index is 755. The van der Waals surface area contributed by atoms with Crippen LogP contribution in [0.2, 0.25) is 0 Å². The van der Waals surface area contributed by atoms with Gasteiger partial charge in [-0.15, -0.1) is 5.10 Å². The molecule has 3 aromatic rings. The lowest BCUT2D eigenvalue weighted by molar-refractivity contribution is 0.729. The maximum atomic E-state index is 4.74. The van der Waals surface area contributed by atoms with E-state index >= 15 is 0 Å². The van der Waals surface area contributed by atoms with Gasteiger partial charge in [0.2, 0.25) is 0 Å². The van der Waals surface area contributed by atoms with Gasteiger partial charge in [-0.25, -0.2) is 9.97 Å². The molecule has 3 aromatic heterocycles. The van der Waals surface area contributed by atoms with E-state index in [1.807, 2.05) is 36.1 Å². The Labute approximate surface area is 123 Å². The van der Waals surface area contributed by atoms with Crippen LogP contribution in [0.25, 0.3) is 11.5 Å². The number of rotatable bonds is 5. The van der Waals surface area contributed by atoms with Crippen LogP contribution in [-0.4, -0.2) is 31.2 Å². The van der Waals surface area contributed by atoms with Crippen LogP contribution < -0.4 is 5.32 Å². The first-order chi connectivity index (χ1) is 10.3. The quantitative estimate of drug-likeness (QED) is 0.775. The molecule has 3 heterocycles. The Morgan fingerprint density at radius 3 is 2.71 bits per heavy atom. The minimum absolute atomic E-state index is 0.727. The summed E-state index contributed by atoms with van der Waals surface area (Å²) in [4.78, 5) is 9.32. The molecule has 6 nitrogen and oxygen atoms in total. The lowest BCUT2D eigenvalue weighted by Gasteiger charge is -2.05. The summed E-state index contributed by atoms with van der Waals surface area (Å²) < 4.78 is 3.98. The van der Waals surface area contributed by atoms with Gasteiger partial charge >= 0.3 is 0 Å². The molecule has 0 fully saturated rings. The van der Waals surface area contributed by atoms with E-state index < -0.39 is 0 Å². The molecule has 21 heavy (non-hydrogen) atoms. The Balaban J connectivity index is 2.23. The van der Waals surface area contributed by atoms with Crippen molar-refractivity contribution in [2.24, 2.45) is 0 Å². The highest BCUT2D eigenvalue weighted by Gasteiger charge is 2.17. The first-order valence-corrected chi connectivity index (χ1v) is 7.34. The Kier molecular flexibility index (Phi) is 3.70. The monoisotopic (exact) mass is 284 g/mol. The molecule has 0 atom stereocenters. The first-order valence-electron chi connectivity index (χ1n) is 7.34. The summed E-state index contributed by atoms with van der Waals surface area (Å²) in [6, 6.07) is 6.01. The molecule has 0 aliphatic rings. The molecule has 110 valence electrons. The van der Waals surface area contributed by atoms with E-state index in [4.69, 9.17) is 4.98 Å². The second-order valence-corrected chi connectivity index (χ2v) is 4.90. The number of aryl methyl sites for hydroxylation is 2. The van der Waals surface area contributed by atoms with Crippen LogP contribution in [0.3, 0.4) is 0 Å². The van der Waals surface area contributed by atoms with E-state index in [9.17, 15) is 0 Å². The fraction of sp³-hybridized carbons (Fsp3) is 0.400. The highest BCUT2D eigenvalue weighted by Crippen LogP contribution is 2.18. The van der Waals surface area contributed by atoms with Crippen molar-refractivity contribution >= 4 is 5.65 Å². The van der Waals surface area contributed by atoms with Gasteiger partial charge < -0.3 is 9.72 Å². The number of pyridine rings is 1. The highest BCUT2D eigenvalue weighted by molar-refractivity contribution is 5.48. The summed E-state index contributed by atoms with van der Waals surface area (Å²) in [5, 5.41) is 7.82. The highest BCUT2D eigenvalue weighted by atomic mass is 15.4. The molecule has 0 spiro atoms. The van der Waals surface area contributed by atoms with Gasteiger partial charge in [0.1, 0.15) is 11.5 Å². The number of nitrogens with one attached hydrogen (secondary N) is 1. The Morgan fingerprint density at radius 2 is 2.00 bits per heavy atom. The SMILES string of the molecule is CCc1nc(CC)n(-c2nc3ccccn3c2CNC)n1. The van der Waals surface area contributed by atoms with E-state index in [2.05, 4.69) is 33.6 Å². The molecule has 3 rings (SSSR count). The van der Waals surface area contributed by atoms with Crippen LogP contribution in [0, 0.1) is 0 Å². The number of fused-ring (bicyclic) bond motifs is 1. The number of hydrogen-bond acceptors (Lipinski definition) is 4. The molecule has 0 aliphatic carbocycles. The van der Waals surface area contributed by atoms with Crippen LogP contribution in [0.4, 0.5) is 0 Å². The topological polar surface area (TPSA) is 60.0 Å². The molecule has 0 saturated carbocycles. The zero-order chi connectivity index (χ0) is 14.8. The van der Waals surface area contributed by atoms with Gasteiger partial charge in [-0.1, -0.05) is 19.9 Å². The molecule has 0 amide bonds. The number of aromatic nitrogens is 5. The molecule has 0 aromatic carbocycles. The van der Waals surface area contributed by atoms with Crippen LogP contribution >= 0.6 is 0 Å². The summed E-state index contributed by atoms with van der Waals surface area (Å²) >= 11 is 0. The third-order valence-electron chi connectivity index (χ3n) is 3.50. The van der Waals surface area contributed by atoms with Gasteiger partial charge in [0.05, 0.1) is 5.69 Å². The van der Waals surface area contributed by atoms with E-state index in [1.54, 1.807) is 0 Å². The van der Waals surface area contributed by atoms with Crippen molar-refractivity contribution < 1.29 is 0 Å². The molecular weight excluding hydrogens is 264 g/mol. The van der Waals surface area contributed by atoms with Crippen LogP contribution in [-0.2, 0) is 19.4 Å². The smallest absolute Gasteiger partial charge is 0.179 e. The molecule has 0 saturated heterocycles. The largest absolute Gasteiger partial charge is 0.314 e. The van der Waals surface area contributed by atoms with Gasteiger partial charge in [0, 0.05) is 25.6 Å². The van der Waals surface area contributed by atoms with Crippen molar-refractivity contribution in [1.82, 2.24) is 29.5 Å². The van der Waals surface area contributed by atoms with E-state index in [1.165, 1.54) is 0 Å². The molecule has 6 heteroatoms. The maximum absolute atomic E-state index is 4.74. The van der Waals surface area contributed by atoms with Crippen molar-refractivity contribution in [2.75, 3.05) is 7.05 Å². The van der Waals surface area contributed by atoms with Crippen molar-refractivity contribution in [2.45, 2.75) is 33.2 Å². The fourth-order valence-electron chi connectivity index (χ4n) is 2.48. The molecule has 0 aliphatic heterocycles. The summed E-state index contributed by atoms with van der Waals surface area (Å²) in [5.74, 6) is 2.67. The lowest BCUT2D eigenvalue weighted by atomic mass is 10.4. The van der Waals surface area contributed by atoms with E-state index in [-0.39, 0.29) is 0 Å². The number of imidazole rings is 1. The standard InChI is InChI=1S/C15H20N6/c1-4-12-17-13(5-2)21(19-12)15-11(10-16-3)20-9-7-6-8-14(20)18-15/h6-9,16H,4-5,10H2,1-3H3. The average Bonchev–Trinajstić information content (AvgIpc) is 3.09. The van der Waals surface area contributed by atoms with Gasteiger partial charge in [0.25, 0.3) is 0 Å². The predicted octanol–water partition coefficient (Wildman–Crippen LogP) is 1.76. The summed E-state index contributed by atoms with van der Waals surface area (Å²) in [7, 11) is 1.94. The second kappa shape index (κ2) is 5.65. The zero-order valence-electron chi connectivity index (χ0n) is 12.7. The van der Waals surface area contributed by atoms with Crippen molar-refractivity contribution in [3.8, 4) is 5.82 Å². The molecular formula is C15H20N6. The van der Waals surface area contributed by atoms with Crippen LogP contribution in [0.1, 0.15) is 31.2 Å². The molecule has 1 N–H and O–H groups in total. The van der Waals surface area contributed by atoms with Crippen molar-refractivity contribution in [3.05, 3.63) is 41.7 Å². The fourth-order valence-corrected chi connectivity index (χ4v) is 2.48. The minimum atomic E-state index is 0.727. The minimum Gasteiger partial charge on any atom is -0.314 e. The van der Waals surface area contributed by atoms with Gasteiger partial charge in [-0.3, -0.25) is 0 Å². The number of hydrogen-bond donors (Lipinski definition) is 1. The first kappa shape index (κ1) is 13.8. The van der Waals surface area contributed by atoms with E-state index in [0.717, 1.165) is 48.2 Å². The normalized spacial score (nSPS) is 11.4. The van der Waals surface area contributed by atoms with Gasteiger partial charge in [0.15, 0.2) is 11.6 Å². The molecule has 0 unspecified atom stereocenters. The van der Waals surface area contributed by atoms with Crippen LogP contribution in [0.5, 0.6) is 0 Å². The van der Waals surface area contributed by atoms with E-state index in [0.29, 0.717) is 0 Å². The van der Waals surface area contributed by atoms with Gasteiger partial charge in [-0.2, -0.15) is 4.68 Å². The average molecular weight is 284 g/mol. The number of nitrogens with zero attached hydrogens (tertiary/aromatic N) is 5. The molecule has 0 radical (unpaired) electrons.